The second kappa shape index (κ2) is 8.72. The van der Waals surface area contributed by atoms with Crippen LogP contribution in [0.1, 0.15) is 28.3 Å². The van der Waals surface area contributed by atoms with Crippen LogP contribution in [0.2, 0.25) is 0 Å². The van der Waals surface area contributed by atoms with Crippen LogP contribution in [0.4, 0.5) is 0 Å². The van der Waals surface area contributed by atoms with Crippen LogP contribution < -0.4 is 5.62 Å². The van der Waals surface area contributed by atoms with Crippen LogP contribution in [0.15, 0.2) is 77.8 Å². The lowest BCUT2D eigenvalue weighted by atomic mass is 10.0. The molecule has 0 aliphatic heterocycles. The molecule has 0 spiro atoms. The molecule has 0 saturated heterocycles. The summed E-state index contributed by atoms with van der Waals surface area (Å²) in [5, 5.41) is 10.3. The first-order valence-electron chi connectivity index (χ1n) is 10.4. The van der Waals surface area contributed by atoms with Crippen LogP contribution in [0.25, 0.3) is 11.0 Å². The van der Waals surface area contributed by atoms with Crippen molar-refractivity contribution in [3.8, 4) is 0 Å². The first-order chi connectivity index (χ1) is 14.6. The lowest BCUT2D eigenvalue weighted by Crippen LogP contribution is -2.31. The number of aryl methyl sites for hydroxylation is 2. The third kappa shape index (κ3) is 3.96. The van der Waals surface area contributed by atoms with E-state index in [-0.39, 0.29) is 12.6 Å². The Morgan fingerprint density at radius 2 is 1.37 bits per heavy atom. The average Bonchev–Trinajstić information content (AvgIpc) is 3.08. The third-order valence-corrected chi connectivity index (χ3v) is 5.72. The second-order valence-corrected chi connectivity index (χ2v) is 7.98. The Labute approximate surface area is 177 Å². The molecule has 1 N–H and O–H groups in total. The van der Waals surface area contributed by atoms with E-state index in [0.29, 0.717) is 0 Å². The fourth-order valence-electron chi connectivity index (χ4n) is 4.10. The smallest absolute Gasteiger partial charge is 0.206 e. The summed E-state index contributed by atoms with van der Waals surface area (Å²) in [5.41, 5.74) is 8.04. The molecule has 0 bridgehead atoms. The molecule has 3 aromatic carbocycles. The van der Waals surface area contributed by atoms with Gasteiger partial charge in [0.2, 0.25) is 5.62 Å². The fourth-order valence-corrected chi connectivity index (χ4v) is 4.10. The predicted octanol–water partition coefficient (Wildman–Crippen LogP) is 4.41. The minimum absolute atomic E-state index is 0.0552. The minimum Gasteiger partial charge on any atom is -0.394 e. The number of aromatic nitrogens is 2. The highest BCUT2D eigenvalue weighted by Crippen LogP contribution is 2.21. The topological polar surface area (TPSA) is 42.5 Å². The van der Waals surface area contributed by atoms with Gasteiger partial charge in [-0.25, -0.2) is 0 Å². The predicted molar refractivity (Wildman–Crippen MR) is 123 cm³/mol. The van der Waals surface area contributed by atoms with E-state index >= 15 is 0 Å². The molecular weight excluding hydrogens is 370 g/mol. The molecule has 4 nitrogen and oxygen atoms in total. The number of nitrogens with zero attached hydrogens (tertiary/aromatic N) is 3. The van der Waals surface area contributed by atoms with E-state index in [0.717, 1.165) is 29.6 Å². The molecular formula is C26H29N3O. The first kappa shape index (κ1) is 20.2. The van der Waals surface area contributed by atoms with Crippen LogP contribution >= 0.6 is 0 Å². The summed E-state index contributed by atoms with van der Waals surface area (Å²) in [4.78, 5) is 4.66. The number of imidazole rings is 1. The summed E-state index contributed by atoms with van der Waals surface area (Å²) in [7, 11) is 1.83. The molecule has 4 aromatic rings. The molecule has 0 aliphatic rings. The molecule has 1 atom stereocenters. The van der Waals surface area contributed by atoms with E-state index in [4.69, 9.17) is 0 Å². The number of hydrogen-bond acceptors (Lipinski definition) is 2. The zero-order valence-electron chi connectivity index (χ0n) is 17.9. The molecule has 154 valence electrons. The molecule has 0 fully saturated rings. The average molecular weight is 400 g/mol. The monoisotopic (exact) mass is 399 g/mol. The van der Waals surface area contributed by atoms with Crippen LogP contribution in [0.5, 0.6) is 0 Å². The van der Waals surface area contributed by atoms with Crippen molar-refractivity contribution < 1.29 is 5.11 Å². The summed E-state index contributed by atoms with van der Waals surface area (Å²) in [6, 6.07) is 25.4. The van der Waals surface area contributed by atoms with Crippen molar-refractivity contribution in [2.45, 2.75) is 32.9 Å². The zero-order chi connectivity index (χ0) is 21.1. The van der Waals surface area contributed by atoms with E-state index in [2.05, 4.69) is 101 Å². The number of rotatable bonds is 6. The summed E-state index contributed by atoms with van der Waals surface area (Å²) in [5.74, 6) is 0. The maximum Gasteiger partial charge on any atom is 0.206 e. The van der Waals surface area contributed by atoms with Crippen molar-refractivity contribution in [1.29, 1.82) is 0 Å². The van der Waals surface area contributed by atoms with Crippen LogP contribution in [-0.4, -0.2) is 27.9 Å². The molecule has 0 amide bonds. The van der Waals surface area contributed by atoms with Crippen molar-refractivity contribution in [3.63, 3.8) is 0 Å². The number of aliphatic hydroxyl groups excluding tert-OH is 1. The Morgan fingerprint density at radius 3 is 1.93 bits per heavy atom. The van der Waals surface area contributed by atoms with Crippen LogP contribution in [-0.2, 0) is 13.0 Å². The summed E-state index contributed by atoms with van der Waals surface area (Å²) in [6.07, 6.45) is 0.752. The number of benzene rings is 3. The van der Waals surface area contributed by atoms with Gasteiger partial charge < -0.3 is 14.2 Å². The normalized spacial score (nSPS) is 13.1. The standard InChI is InChI=1S/C26H29N3O/c1-19-8-12-21(13-9-19)16-23(18-30)29-25-7-5-4-6-24(25)28(26(29)27-3)17-22-14-10-20(2)11-15-22/h4-15,23,30H,16-18H2,1-3H3/b27-26+. The van der Waals surface area contributed by atoms with Gasteiger partial charge in [-0.1, -0.05) is 71.8 Å². The van der Waals surface area contributed by atoms with Gasteiger partial charge in [-0.3, -0.25) is 4.99 Å². The van der Waals surface area contributed by atoms with Crippen molar-refractivity contribution in [2.24, 2.45) is 4.99 Å². The molecule has 1 unspecified atom stereocenters. The van der Waals surface area contributed by atoms with Gasteiger partial charge in [0.1, 0.15) is 0 Å². The fraction of sp³-hybridized carbons (Fsp3) is 0.269. The highest BCUT2D eigenvalue weighted by Gasteiger charge is 2.19. The SMILES string of the molecule is C/N=c1\n(Cc2ccc(C)cc2)c2ccccc2n1C(CO)Cc1ccc(C)cc1. The molecule has 0 radical (unpaired) electrons. The Hall–Kier alpha value is -3.11. The van der Waals surface area contributed by atoms with Crippen molar-refractivity contribution in [3.05, 3.63) is 101 Å². The number of aliphatic hydroxyl groups is 1. The van der Waals surface area contributed by atoms with Gasteiger partial charge in [-0.2, -0.15) is 0 Å². The van der Waals surface area contributed by atoms with Crippen molar-refractivity contribution >= 4 is 11.0 Å². The number of hydrogen-bond donors (Lipinski definition) is 1. The largest absolute Gasteiger partial charge is 0.394 e. The number of fused-ring (bicyclic) bond motifs is 1. The lowest BCUT2D eigenvalue weighted by Gasteiger charge is -2.18. The second-order valence-electron chi connectivity index (χ2n) is 7.98. The maximum absolute atomic E-state index is 10.3. The maximum atomic E-state index is 10.3. The van der Waals surface area contributed by atoms with Gasteiger partial charge in [0.05, 0.1) is 30.2 Å². The quantitative estimate of drug-likeness (QED) is 0.513. The molecule has 0 aliphatic carbocycles. The van der Waals surface area contributed by atoms with Gasteiger partial charge in [0.25, 0.3) is 0 Å². The van der Waals surface area contributed by atoms with Gasteiger partial charge in [-0.15, -0.1) is 0 Å². The van der Waals surface area contributed by atoms with Crippen LogP contribution in [0.3, 0.4) is 0 Å². The Balaban J connectivity index is 1.82. The van der Waals surface area contributed by atoms with E-state index < -0.39 is 0 Å². The zero-order valence-corrected chi connectivity index (χ0v) is 17.9. The van der Waals surface area contributed by atoms with Crippen LogP contribution in [0, 0.1) is 13.8 Å². The van der Waals surface area contributed by atoms with E-state index in [9.17, 15) is 5.11 Å². The van der Waals surface area contributed by atoms with E-state index in [1.165, 1.54) is 22.3 Å². The van der Waals surface area contributed by atoms with Gasteiger partial charge in [0, 0.05) is 7.05 Å². The molecule has 30 heavy (non-hydrogen) atoms. The molecule has 4 heteroatoms. The summed E-state index contributed by atoms with van der Waals surface area (Å²) < 4.78 is 4.45. The highest BCUT2D eigenvalue weighted by molar-refractivity contribution is 5.76. The molecule has 4 rings (SSSR count). The Kier molecular flexibility index (Phi) is 5.86. The van der Waals surface area contributed by atoms with Gasteiger partial charge in [-0.05, 0) is 43.5 Å². The third-order valence-electron chi connectivity index (χ3n) is 5.72. The summed E-state index contributed by atoms with van der Waals surface area (Å²) >= 11 is 0. The molecule has 0 saturated carbocycles. The minimum atomic E-state index is -0.0874. The van der Waals surface area contributed by atoms with E-state index in [1.807, 2.05) is 7.05 Å². The van der Waals surface area contributed by atoms with Crippen molar-refractivity contribution in [2.75, 3.05) is 13.7 Å². The Bertz CT molecular complexity index is 1200. The Morgan fingerprint density at radius 1 is 0.800 bits per heavy atom. The first-order valence-corrected chi connectivity index (χ1v) is 10.4. The van der Waals surface area contributed by atoms with E-state index in [1.54, 1.807) is 0 Å². The van der Waals surface area contributed by atoms with Gasteiger partial charge >= 0.3 is 0 Å². The highest BCUT2D eigenvalue weighted by atomic mass is 16.3. The summed E-state index contributed by atoms with van der Waals surface area (Å²) in [6.45, 7) is 4.99. The molecule has 1 heterocycles. The lowest BCUT2D eigenvalue weighted by molar-refractivity contribution is 0.226. The number of para-hydroxylation sites is 2. The van der Waals surface area contributed by atoms with Gasteiger partial charge in [0.15, 0.2) is 0 Å². The van der Waals surface area contributed by atoms with Crippen molar-refractivity contribution in [1.82, 2.24) is 9.13 Å². The molecule has 1 aromatic heterocycles.